The molecule has 1 aliphatic heterocycles. The standard InChI is InChI=1S/C17H30N2/c1-3-7-16-8-5-6-11-19(16)17-12-14(4-2)9-10-15(17)13-18/h14-17H,3-12H2,1-2H3. The second-order valence-electron chi connectivity index (χ2n) is 6.57. The summed E-state index contributed by atoms with van der Waals surface area (Å²) in [6.07, 6.45) is 11.7. The maximum atomic E-state index is 9.49. The van der Waals surface area contributed by atoms with Gasteiger partial charge in [0.15, 0.2) is 0 Å². The maximum absolute atomic E-state index is 9.49. The molecule has 1 heterocycles. The third-order valence-corrected chi connectivity index (χ3v) is 5.39. The van der Waals surface area contributed by atoms with Gasteiger partial charge in [-0.05, 0) is 51.0 Å². The van der Waals surface area contributed by atoms with Gasteiger partial charge in [-0.15, -0.1) is 0 Å². The van der Waals surface area contributed by atoms with E-state index in [-0.39, 0.29) is 0 Å². The molecule has 2 heteroatoms. The van der Waals surface area contributed by atoms with Crippen molar-refractivity contribution in [3.63, 3.8) is 0 Å². The summed E-state index contributed by atoms with van der Waals surface area (Å²) in [6.45, 7) is 5.85. The largest absolute Gasteiger partial charge is 0.296 e. The lowest BCUT2D eigenvalue weighted by Crippen LogP contribution is -2.51. The molecule has 4 unspecified atom stereocenters. The molecule has 0 N–H and O–H groups in total. The Labute approximate surface area is 119 Å². The Morgan fingerprint density at radius 1 is 1.16 bits per heavy atom. The molecule has 4 atom stereocenters. The molecule has 0 amide bonds. The number of rotatable bonds is 4. The molecule has 0 aromatic carbocycles. The van der Waals surface area contributed by atoms with Gasteiger partial charge in [0.25, 0.3) is 0 Å². The minimum absolute atomic E-state index is 0.292. The quantitative estimate of drug-likeness (QED) is 0.752. The molecule has 1 saturated heterocycles. The average Bonchev–Trinajstić information content (AvgIpc) is 2.47. The zero-order chi connectivity index (χ0) is 13.7. The third-order valence-electron chi connectivity index (χ3n) is 5.39. The number of nitriles is 1. The molecule has 0 bridgehead atoms. The Kier molecular flexibility index (Phi) is 5.70. The van der Waals surface area contributed by atoms with Crippen molar-refractivity contribution in [1.29, 1.82) is 5.26 Å². The van der Waals surface area contributed by atoms with E-state index in [1.807, 2.05) is 0 Å². The smallest absolute Gasteiger partial charge is 0.0672 e. The fourth-order valence-corrected chi connectivity index (χ4v) is 4.22. The molecule has 19 heavy (non-hydrogen) atoms. The minimum atomic E-state index is 0.292. The summed E-state index contributed by atoms with van der Waals surface area (Å²) in [5.41, 5.74) is 0. The first-order valence-electron chi connectivity index (χ1n) is 8.45. The van der Waals surface area contributed by atoms with Crippen LogP contribution in [0.2, 0.25) is 0 Å². The first-order valence-corrected chi connectivity index (χ1v) is 8.45. The highest BCUT2D eigenvalue weighted by molar-refractivity contribution is 4.99. The summed E-state index contributed by atoms with van der Waals surface area (Å²) in [7, 11) is 0. The van der Waals surface area contributed by atoms with Gasteiger partial charge in [0.05, 0.1) is 12.0 Å². The average molecular weight is 262 g/mol. The van der Waals surface area contributed by atoms with Gasteiger partial charge < -0.3 is 0 Å². The van der Waals surface area contributed by atoms with Crippen molar-refractivity contribution < 1.29 is 0 Å². The summed E-state index contributed by atoms with van der Waals surface area (Å²) in [6, 6.07) is 3.93. The van der Waals surface area contributed by atoms with Crippen LogP contribution < -0.4 is 0 Å². The van der Waals surface area contributed by atoms with Gasteiger partial charge in [0.1, 0.15) is 0 Å². The fraction of sp³-hybridized carbons (Fsp3) is 0.941. The normalized spacial score (nSPS) is 36.9. The van der Waals surface area contributed by atoms with E-state index in [0.29, 0.717) is 12.0 Å². The SMILES string of the molecule is CCCC1CCCCN1C1CC(CC)CCC1C#N. The van der Waals surface area contributed by atoms with E-state index in [1.165, 1.54) is 57.9 Å². The van der Waals surface area contributed by atoms with Crippen molar-refractivity contribution in [3.05, 3.63) is 0 Å². The Morgan fingerprint density at radius 3 is 2.68 bits per heavy atom. The first kappa shape index (κ1) is 14.9. The predicted molar refractivity (Wildman–Crippen MR) is 79.8 cm³/mol. The van der Waals surface area contributed by atoms with E-state index in [2.05, 4.69) is 24.8 Å². The Bertz CT molecular complexity index is 305. The molecule has 2 fully saturated rings. The van der Waals surface area contributed by atoms with E-state index in [0.717, 1.165) is 18.4 Å². The van der Waals surface area contributed by atoms with Gasteiger partial charge in [-0.3, -0.25) is 4.90 Å². The topological polar surface area (TPSA) is 27.0 Å². The maximum Gasteiger partial charge on any atom is 0.0672 e. The van der Waals surface area contributed by atoms with Crippen LogP contribution in [-0.4, -0.2) is 23.5 Å². The third kappa shape index (κ3) is 3.51. The second kappa shape index (κ2) is 7.29. The summed E-state index contributed by atoms with van der Waals surface area (Å²) < 4.78 is 0. The van der Waals surface area contributed by atoms with Crippen LogP contribution in [0.3, 0.4) is 0 Å². The van der Waals surface area contributed by atoms with E-state index in [1.54, 1.807) is 0 Å². The summed E-state index contributed by atoms with van der Waals surface area (Å²) in [5.74, 6) is 1.15. The van der Waals surface area contributed by atoms with Crippen molar-refractivity contribution in [3.8, 4) is 6.07 Å². The second-order valence-corrected chi connectivity index (χ2v) is 6.57. The molecule has 0 aromatic rings. The van der Waals surface area contributed by atoms with Crippen LogP contribution in [0.15, 0.2) is 0 Å². The van der Waals surface area contributed by atoms with E-state index < -0.39 is 0 Å². The predicted octanol–water partition coefficient (Wildman–Crippen LogP) is 4.36. The van der Waals surface area contributed by atoms with Gasteiger partial charge in [-0.2, -0.15) is 5.26 Å². The van der Waals surface area contributed by atoms with E-state index in [9.17, 15) is 5.26 Å². The van der Waals surface area contributed by atoms with Crippen LogP contribution in [0.5, 0.6) is 0 Å². The first-order chi connectivity index (χ1) is 9.30. The molecule has 2 rings (SSSR count). The molecule has 0 spiro atoms. The zero-order valence-corrected chi connectivity index (χ0v) is 12.8. The van der Waals surface area contributed by atoms with Gasteiger partial charge in [0, 0.05) is 12.1 Å². The molecule has 0 radical (unpaired) electrons. The molecule has 2 aliphatic rings. The van der Waals surface area contributed by atoms with Gasteiger partial charge >= 0.3 is 0 Å². The zero-order valence-electron chi connectivity index (χ0n) is 12.8. The number of hydrogen-bond acceptors (Lipinski definition) is 2. The Balaban J connectivity index is 2.07. The lowest BCUT2D eigenvalue weighted by atomic mass is 9.76. The lowest BCUT2D eigenvalue weighted by Gasteiger charge is -2.46. The number of likely N-dealkylation sites (tertiary alicyclic amines) is 1. The molecule has 1 saturated carbocycles. The molecular weight excluding hydrogens is 232 g/mol. The molecule has 0 aromatic heterocycles. The van der Waals surface area contributed by atoms with E-state index >= 15 is 0 Å². The Hall–Kier alpha value is -0.550. The minimum Gasteiger partial charge on any atom is -0.296 e. The number of nitrogens with zero attached hydrogens (tertiary/aromatic N) is 2. The molecule has 1 aliphatic carbocycles. The lowest BCUT2D eigenvalue weighted by molar-refractivity contribution is 0.0340. The van der Waals surface area contributed by atoms with Crippen LogP contribution in [-0.2, 0) is 0 Å². The molecule has 108 valence electrons. The van der Waals surface area contributed by atoms with Crippen molar-refractivity contribution in [2.75, 3.05) is 6.54 Å². The highest BCUT2D eigenvalue weighted by Crippen LogP contribution is 2.37. The van der Waals surface area contributed by atoms with Crippen LogP contribution in [0.4, 0.5) is 0 Å². The van der Waals surface area contributed by atoms with Crippen LogP contribution in [0.25, 0.3) is 0 Å². The van der Waals surface area contributed by atoms with Crippen molar-refractivity contribution in [1.82, 2.24) is 4.90 Å². The molecular formula is C17H30N2. The van der Waals surface area contributed by atoms with Gasteiger partial charge in [-0.1, -0.05) is 33.1 Å². The fourth-order valence-electron chi connectivity index (χ4n) is 4.22. The van der Waals surface area contributed by atoms with Crippen LogP contribution >= 0.6 is 0 Å². The summed E-state index contributed by atoms with van der Waals surface area (Å²) in [5, 5.41) is 9.49. The van der Waals surface area contributed by atoms with Crippen molar-refractivity contribution in [2.45, 2.75) is 83.7 Å². The highest BCUT2D eigenvalue weighted by atomic mass is 15.2. The van der Waals surface area contributed by atoms with Crippen LogP contribution in [0, 0.1) is 23.2 Å². The highest BCUT2D eigenvalue weighted by Gasteiger charge is 2.37. The monoisotopic (exact) mass is 262 g/mol. The summed E-state index contributed by atoms with van der Waals surface area (Å²) in [4.78, 5) is 2.74. The number of hydrogen-bond donors (Lipinski definition) is 0. The van der Waals surface area contributed by atoms with E-state index in [4.69, 9.17) is 0 Å². The summed E-state index contributed by atoms with van der Waals surface area (Å²) >= 11 is 0. The Morgan fingerprint density at radius 2 is 2.00 bits per heavy atom. The van der Waals surface area contributed by atoms with Crippen molar-refractivity contribution in [2.24, 2.45) is 11.8 Å². The number of piperidine rings is 1. The molecule has 2 nitrogen and oxygen atoms in total. The van der Waals surface area contributed by atoms with Crippen LogP contribution in [0.1, 0.15) is 71.6 Å². The van der Waals surface area contributed by atoms with Gasteiger partial charge in [-0.25, -0.2) is 0 Å². The van der Waals surface area contributed by atoms with Crippen molar-refractivity contribution >= 4 is 0 Å². The van der Waals surface area contributed by atoms with Gasteiger partial charge in [0.2, 0.25) is 0 Å².